The summed E-state index contributed by atoms with van der Waals surface area (Å²) in [5.41, 5.74) is 6.30. The van der Waals surface area contributed by atoms with Crippen molar-refractivity contribution in [2.45, 2.75) is 12.5 Å². The van der Waals surface area contributed by atoms with Crippen molar-refractivity contribution in [3.8, 4) is 0 Å². The van der Waals surface area contributed by atoms with E-state index in [4.69, 9.17) is 10.8 Å². The maximum Gasteiger partial charge on any atom is 0.305 e. The van der Waals surface area contributed by atoms with E-state index in [9.17, 15) is 9.18 Å². The molecule has 1 atom stereocenters. The van der Waals surface area contributed by atoms with Crippen molar-refractivity contribution in [3.63, 3.8) is 0 Å². The van der Waals surface area contributed by atoms with E-state index in [0.29, 0.717) is 0 Å². The average molecular weight is 209 g/mol. The number of rotatable bonds is 4. The van der Waals surface area contributed by atoms with Gasteiger partial charge >= 0.3 is 5.97 Å². The van der Waals surface area contributed by atoms with Gasteiger partial charge in [0, 0.05) is 6.04 Å². The molecule has 0 radical (unpaired) electrons. The molecule has 3 N–H and O–H groups in total. The molecular weight excluding hydrogens is 197 g/mol. The van der Waals surface area contributed by atoms with Gasteiger partial charge in [0.1, 0.15) is 5.82 Å². The summed E-state index contributed by atoms with van der Waals surface area (Å²) in [7, 11) is 0. The molecule has 1 aromatic carbocycles. The molecule has 1 aromatic rings. The predicted molar refractivity (Wildman–Crippen MR) is 55.7 cm³/mol. The van der Waals surface area contributed by atoms with Crippen LogP contribution in [0.5, 0.6) is 0 Å². The lowest BCUT2D eigenvalue weighted by atomic mass is 10.1. The Labute approximate surface area is 87.0 Å². The molecule has 0 bridgehead atoms. The smallest absolute Gasteiger partial charge is 0.305 e. The van der Waals surface area contributed by atoms with E-state index >= 15 is 0 Å². The molecule has 4 heteroatoms. The molecule has 0 aliphatic heterocycles. The van der Waals surface area contributed by atoms with E-state index in [-0.39, 0.29) is 12.2 Å². The monoisotopic (exact) mass is 209 g/mol. The second-order valence-corrected chi connectivity index (χ2v) is 3.17. The van der Waals surface area contributed by atoms with Gasteiger partial charge < -0.3 is 10.8 Å². The number of nitrogens with two attached hydrogens (primary N) is 1. The zero-order chi connectivity index (χ0) is 11.3. The van der Waals surface area contributed by atoms with Crippen LogP contribution in [0.3, 0.4) is 0 Å². The highest BCUT2D eigenvalue weighted by atomic mass is 19.1. The predicted octanol–water partition coefficient (Wildman–Crippen LogP) is 1.64. The third-order valence-electron chi connectivity index (χ3n) is 1.82. The number of halogens is 1. The largest absolute Gasteiger partial charge is 0.481 e. The van der Waals surface area contributed by atoms with Crippen LogP contribution in [0.25, 0.3) is 6.08 Å². The summed E-state index contributed by atoms with van der Waals surface area (Å²) in [6.45, 7) is 0. The molecule has 0 amide bonds. The van der Waals surface area contributed by atoms with Gasteiger partial charge in [-0.1, -0.05) is 24.3 Å². The number of hydrogen-bond acceptors (Lipinski definition) is 2. The fraction of sp³-hybridized carbons (Fsp3) is 0.182. The van der Waals surface area contributed by atoms with E-state index < -0.39 is 12.0 Å². The topological polar surface area (TPSA) is 63.3 Å². The molecule has 0 saturated carbocycles. The summed E-state index contributed by atoms with van der Waals surface area (Å²) >= 11 is 0. The van der Waals surface area contributed by atoms with Gasteiger partial charge in [-0.3, -0.25) is 4.79 Å². The van der Waals surface area contributed by atoms with Crippen LogP contribution in [0.4, 0.5) is 4.39 Å². The second-order valence-electron chi connectivity index (χ2n) is 3.17. The first-order valence-corrected chi connectivity index (χ1v) is 4.49. The lowest BCUT2D eigenvalue weighted by molar-refractivity contribution is -0.137. The van der Waals surface area contributed by atoms with E-state index in [1.165, 1.54) is 12.1 Å². The second kappa shape index (κ2) is 5.26. The SMILES string of the molecule is NC(/C=C/c1ccc(F)cc1)CC(=O)O. The average Bonchev–Trinajstić information content (AvgIpc) is 2.16. The van der Waals surface area contributed by atoms with Crippen LogP contribution in [-0.4, -0.2) is 17.1 Å². The Bertz CT molecular complexity index is 359. The minimum atomic E-state index is -0.939. The van der Waals surface area contributed by atoms with Crippen molar-refractivity contribution in [1.29, 1.82) is 0 Å². The third-order valence-corrected chi connectivity index (χ3v) is 1.82. The van der Waals surface area contributed by atoms with Gasteiger partial charge in [-0.25, -0.2) is 4.39 Å². The van der Waals surface area contributed by atoms with Gasteiger partial charge in [0.25, 0.3) is 0 Å². The van der Waals surface area contributed by atoms with E-state index in [2.05, 4.69) is 0 Å². The zero-order valence-corrected chi connectivity index (χ0v) is 8.06. The highest BCUT2D eigenvalue weighted by Crippen LogP contribution is 2.05. The summed E-state index contributed by atoms with van der Waals surface area (Å²) in [5, 5.41) is 8.45. The molecule has 3 nitrogen and oxygen atoms in total. The first kappa shape index (κ1) is 11.4. The Morgan fingerprint density at radius 1 is 1.47 bits per heavy atom. The molecule has 1 rings (SSSR count). The molecule has 0 aliphatic rings. The Morgan fingerprint density at radius 3 is 2.60 bits per heavy atom. The van der Waals surface area contributed by atoms with Crippen LogP contribution in [0, 0.1) is 5.82 Å². The van der Waals surface area contributed by atoms with Crippen LogP contribution in [0.2, 0.25) is 0 Å². The van der Waals surface area contributed by atoms with E-state index in [0.717, 1.165) is 5.56 Å². The first-order chi connectivity index (χ1) is 7.08. The normalized spacial score (nSPS) is 12.9. The van der Waals surface area contributed by atoms with Gasteiger partial charge in [-0.15, -0.1) is 0 Å². The van der Waals surface area contributed by atoms with Crippen molar-refractivity contribution in [3.05, 3.63) is 41.7 Å². The number of aliphatic carboxylic acids is 1. The lowest BCUT2D eigenvalue weighted by Gasteiger charge is -2.01. The minimum Gasteiger partial charge on any atom is -0.481 e. The molecule has 1 unspecified atom stereocenters. The molecule has 0 fully saturated rings. The van der Waals surface area contributed by atoms with E-state index in [1.54, 1.807) is 24.3 Å². The van der Waals surface area contributed by atoms with Gasteiger partial charge in [-0.2, -0.15) is 0 Å². The maximum atomic E-state index is 12.5. The standard InChI is InChI=1S/C11H12FNO2/c12-9-4-1-8(2-5-9)3-6-10(13)7-11(14)15/h1-6,10H,7,13H2,(H,14,15)/b6-3+. The molecule has 0 spiro atoms. The molecule has 0 aromatic heterocycles. The quantitative estimate of drug-likeness (QED) is 0.792. The van der Waals surface area contributed by atoms with Crippen LogP contribution in [0.1, 0.15) is 12.0 Å². The van der Waals surface area contributed by atoms with Crippen molar-refractivity contribution in [1.82, 2.24) is 0 Å². The highest BCUT2D eigenvalue weighted by molar-refractivity contribution is 5.68. The summed E-state index contributed by atoms with van der Waals surface area (Å²) in [4.78, 5) is 10.3. The Balaban J connectivity index is 2.57. The van der Waals surface area contributed by atoms with Crippen molar-refractivity contribution < 1.29 is 14.3 Å². The molecule has 80 valence electrons. The lowest BCUT2D eigenvalue weighted by Crippen LogP contribution is -2.20. The van der Waals surface area contributed by atoms with Crippen LogP contribution < -0.4 is 5.73 Å². The Kier molecular flexibility index (Phi) is 4.00. The molecule has 0 heterocycles. The van der Waals surface area contributed by atoms with Crippen molar-refractivity contribution in [2.24, 2.45) is 5.73 Å². The first-order valence-electron chi connectivity index (χ1n) is 4.49. The van der Waals surface area contributed by atoms with E-state index in [1.807, 2.05) is 0 Å². The van der Waals surface area contributed by atoms with Crippen molar-refractivity contribution in [2.75, 3.05) is 0 Å². The third kappa shape index (κ3) is 4.37. The summed E-state index contributed by atoms with van der Waals surface area (Å²) in [6.07, 6.45) is 3.14. The number of carboxylic acids is 1. The number of benzene rings is 1. The highest BCUT2D eigenvalue weighted by Gasteiger charge is 2.03. The molecule has 0 aliphatic carbocycles. The summed E-state index contributed by atoms with van der Waals surface area (Å²) in [6, 6.07) is 5.34. The molecule has 15 heavy (non-hydrogen) atoms. The Morgan fingerprint density at radius 2 is 2.07 bits per heavy atom. The zero-order valence-electron chi connectivity index (χ0n) is 8.06. The van der Waals surface area contributed by atoms with Gasteiger partial charge in [0.05, 0.1) is 6.42 Å². The van der Waals surface area contributed by atoms with Crippen LogP contribution >= 0.6 is 0 Å². The van der Waals surface area contributed by atoms with Gasteiger partial charge in [0.2, 0.25) is 0 Å². The van der Waals surface area contributed by atoms with Crippen LogP contribution in [-0.2, 0) is 4.79 Å². The number of carboxylic acid groups (broad SMARTS) is 1. The Hall–Kier alpha value is -1.68. The van der Waals surface area contributed by atoms with Crippen molar-refractivity contribution >= 4 is 12.0 Å². The summed E-state index contributed by atoms with van der Waals surface area (Å²) in [5.74, 6) is -1.24. The number of hydrogen-bond donors (Lipinski definition) is 2. The fourth-order valence-electron chi connectivity index (χ4n) is 1.08. The summed E-state index contributed by atoms with van der Waals surface area (Å²) < 4.78 is 12.5. The minimum absolute atomic E-state index is 0.113. The molecular formula is C11H12FNO2. The number of carbonyl (C=O) groups is 1. The van der Waals surface area contributed by atoms with Gasteiger partial charge in [0.15, 0.2) is 0 Å². The van der Waals surface area contributed by atoms with Crippen LogP contribution in [0.15, 0.2) is 30.3 Å². The molecule has 0 saturated heterocycles. The van der Waals surface area contributed by atoms with Gasteiger partial charge in [-0.05, 0) is 17.7 Å². The maximum absolute atomic E-state index is 12.5. The fourth-order valence-corrected chi connectivity index (χ4v) is 1.08.